The van der Waals surface area contributed by atoms with Crippen molar-refractivity contribution in [2.75, 3.05) is 29.9 Å². The summed E-state index contributed by atoms with van der Waals surface area (Å²) in [4.78, 5) is 21.0. The number of carbonyl (C=O) groups excluding carboxylic acids is 1. The Morgan fingerprint density at radius 3 is 2.85 bits per heavy atom. The molecule has 0 aliphatic carbocycles. The number of anilines is 2. The van der Waals surface area contributed by atoms with Crippen LogP contribution in [-0.2, 0) is 0 Å². The summed E-state index contributed by atoms with van der Waals surface area (Å²) in [7, 11) is 0. The third-order valence-corrected chi connectivity index (χ3v) is 4.81. The van der Waals surface area contributed by atoms with Gasteiger partial charge in [0.1, 0.15) is 5.82 Å². The summed E-state index contributed by atoms with van der Waals surface area (Å²) >= 11 is 0. The van der Waals surface area contributed by atoms with Gasteiger partial charge in [0, 0.05) is 12.2 Å². The highest BCUT2D eigenvalue weighted by Gasteiger charge is 2.30. The second-order valence-corrected chi connectivity index (χ2v) is 6.80. The van der Waals surface area contributed by atoms with E-state index < -0.39 is 0 Å². The van der Waals surface area contributed by atoms with E-state index in [1.54, 1.807) is 15.9 Å². The molecule has 138 valence electrons. The molecule has 5 nitrogen and oxygen atoms in total. The van der Waals surface area contributed by atoms with Gasteiger partial charge in [-0.05, 0) is 48.7 Å². The maximum absolute atomic E-state index is 13.6. The van der Waals surface area contributed by atoms with Crippen molar-refractivity contribution in [1.29, 1.82) is 0 Å². The largest absolute Gasteiger partial charge is 0.331 e. The van der Waals surface area contributed by atoms with Gasteiger partial charge in [0.05, 0.1) is 18.8 Å². The van der Waals surface area contributed by atoms with Gasteiger partial charge in [-0.3, -0.25) is 14.8 Å². The fourth-order valence-corrected chi connectivity index (χ4v) is 3.33. The van der Waals surface area contributed by atoms with Gasteiger partial charge < -0.3 is 5.32 Å². The average molecular weight is 364 g/mol. The lowest BCUT2D eigenvalue weighted by Crippen LogP contribution is -2.48. The highest BCUT2D eigenvalue weighted by molar-refractivity contribution is 6.10. The first-order chi connectivity index (χ1) is 13.0. The molecule has 0 atom stereocenters. The number of fused-ring (bicyclic) bond motifs is 1. The molecule has 2 aromatic carbocycles. The Morgan fingerprint density at radius 1 is 1.15 bits per heavy atom. The summed E-state index contributed by atoms with van der Waals surface area (Å²) in [6.07, 6.45) is 4.01. The molecule has 0 saturated heterocycles. The number of hydrogen-bond acceptors (Lipinski definition) is 3. The number of aryl methyl sites for hydroxylation is 2. The summed E-state index contributed by atoms with van der Waals surface area (Å²) in [5, 5.41) is 3.13. The number of nitrogens with one attached hydrogen (secondary N) is 1. The molecule has 2 heterocycles. The Bertz CT molecular complexity index is 967. The zero-order valence-corrected chi connectivity index (χ0v) is 15.4. The number of urea groups is 1. The minimum absolute atomic E-state index is 0.135. The van der Waals surface area contributed by atoms with Gasteiger partial charge in [-0.25, -0.2) is 9.18 Å². The van der Waals surface area contributed by atoms with Crippen LogP contribution >= 0.6 is 0 Å². The van der Waals surface area contributed by atoms with Crippen molar-refractivity contribution in [1.82, 2.24) is 4.90 Å². The highest BCUT2D eigenvalue weighted by atomic mass is 19.1. The molecule has 0 saturated carbocycles. The Balaban J connectivity index is 1.59. The molecule has 6 heteroatoms. The van der Waals surface area contributed by atoms with E-state index in [1.807, 2.05) is 44.2 Å². The van der Waals surface area contributed by atoms with Crippen molar-refractivity contribution in [2.45, 2.75) is 13.8 Å². The summed E-state index contributed by atoms with van der Waals surface area (Å²) in [6.45, 7) is 5.43. The van der Waals surface area contributed by atoms with E-state index in [0.29, 0.717) is 31.3 Å². The van der Waals surface area contributed by atoms with Crippen molar-refractivity contribution < 1.29 is 9.18 Å². The first-order valence-corrected chi connectivity index (χ1v) is 8.97. The Hall–Kier alpha value is -3.15. The molecule has 2 aliphatic rings. The molecule has 2 aliphatic heterocycles. The highest BCUT2D eigenvalue weighted by Crippen LogP contribution is 2.28. The number of halogens is 1. The molecule has 0 aromatic heterocycles. The third-order valence-electron chi connectivity index (χ3n) is 4.81. The Labute approximate surface area is 157 Å². The SMILES string of the molecule is Cc1ccc2c(c1)N(C(=O)N1CCN=C1Nc1cc(F)ccc1C)CC=C2. The van der Waals surface area contributed by atoms with Crippen LogP contribution < -0.4 is 10.2 Å². The molecule has 4 rings (SSSR count). The van der Waals surface area contributed by atoms with Crippen molar-refractivity contribution >= 4 is 29.4 Å². The third kappa shape index (κ3) is 3.30. The lowest BCUT2D eigenvalue weighted by molar-refractivity contribution is 0.230. The molecule has 0 fully saturated rings. The second kappa shape index (κ2) is 6.87. The standard InChI is InChI=1S/C21H21FN4O/c1-14-5-7-16-4-3-10-25(19(16)12-14)21(27)26-11-9-23-20(26)24-18-13-17(22)8-6-15(18)2/h3-8,12-13H,9-11H2,1-2H3,(H,23,24). The maximum Gasteiger partial charge on any atom is 0.331 e. The predicted octanol–water partition coefficient (Wildman–Crippen LogP) is 4.18. The summed E-state index contributed by atoms with van der Waals surface area (Å²) in [5.41, 5.74) is 4.52. The van der Waals surface area contributed by atoms with Gasteiger partial charge in [-0.1, -0.05) is 30.4 Å². The van der Waals surface area contributed by atoms with Crippen LogP contribution in [0.25, 0.3) is 6.08 Å². The number of rotatable bonds is 1. The number of hydrogen-bond donors (Lipinski definition) is 1. The summed E-state index contributed by atoms with van der Waals surface area (Å²) in [5.74, 6) is 0.127. The zero-order chi connectivity index (χ0) is 19.0. The van der Waals surface area contributed by atoms with E-state index in [0.717, 1.165) is 22.4 Å². The molecule has 0 bridgehead atoms. The Morgan fingerprint density at radius 2 is 2.00 bits per heavy atom. The number of carbonyl (C=O) groups is 1. The quantitative estimate of drug-likeness (QED) is 0.825. The number of aliphatic imine (C=N–C) groups is 1. The molecule has 27 heavy (non-hydrogen) atoms. The van der Waals surface area contributed by atoms with Crippen molar-refractivity contribution in [3.8, 4) is 0 Å². The van der Waals surface area contributed by atoms with Gasteiger partial charge in [0.15, 0.2) is 0 Å². The molecular weight excluding hydrogens is 343 g/mol. The number of benzene rings is 2. The predicted molar refractivity (Wildman–Crippen MR) is 107 cm³/mol. The summed E-state index contributed by atoms with van der Waals surface area (Å²) in [6, 6.07) is 10.5. The second-order valence-electron chi connectivity index (χ2n) is 6.80. The van der Waals surface area contributed by atoms with Crippen LogP contribution in [0.5, 0.6) is 0 Å². The van der Waals surface area contributed by atoms with Crippen LogP contribution in [0.4, 0.5) is 20.6 Å². The lowest BCUT2D eigenvalue weighted by Gasteiger charge is -2.31. The molecule has 2 amide bonds. The topological polar surface area (TPSA) is 47.9 Å². The average Bonchev–Trinajstić information content (AvgIpc) is 3.12. The lowest BCUT2D eigenvalue weighted by atomic mass is 10.1. The van der Waals surface area contributed by atoms with Gasteiger partial charge in [-0.15, -0.1) is 0 Å². The Kier molecular flexibility index (Phi) is 4.39. The van der Waals surface area contributed by atoms with Crippen LogP contribution in [0.3, 0.4) is 0 Å². The number of amides is 2. The number of guanidine groups is 1. The van der Waals surface area contributed by atoms with E-state index in [9.17, 15) is 9.18 Å². The molecular formula is C21H21FN4O. The van der Waals surface area contributed by atoms with E-state index in [-0.39, 0.29) is 11.8 Å². The molecule has 0 unspecified atom stereocenters. The van der Waals surface area contributed by atoms with Gasteiger partial charge in [0.2, 0.25) is 5.96 Å². The first kappa shape index (κ1) is 17.3. The van der Waals surface area contributed by atoms with Crippen LogP contribution in [0.2, 0.25) is 0 Å². The smallest absolute Gasteiger partial charge is 0.325 e. The fraction of sp³-hybridized carbons (Fsp3) is 0.238. The minimum Gasteiger partial charge on any atom is -0.325 e. The van der Waals surface area contributed by atoms with Crippen LogP contribution in [-0.4, -0.2) is 36.5 Å². The van der Waals surface area contributed by atoms with Crippen LogP contribution in [0.15, 0.2) is 47.5 Å². The van der Waals surface area contributed by atoms with Gasteiger partial charge in [0.25, 0.3) is 0 Å². The van der Waals surface area contributed by atoms with Crippen molar-refractivity contribution in [3.05, 3.63) is 65.0 Å². The molecule has 0 spiro atoms. The van der Waals surface area contributed by atoms with E-state index in [1.165, 1.54) is 12.1 Å². The summed E-state index contributed by atoms with van der Waals surface area (Å²) < 4.78 is 13.6. The van der Waals surface area contributed by atoms with Crippen molar-refractivity contribution in [2.24, 2.45) is 4.99 Å². The van der Waals surface area contributed by atoms with E-state index in [2.05, 4.69) is 10.3 Å². The number of nitrogens with zero attached hydrogens (tertiary/aromatic N) is 3. The van der Waals surface area contributed by atoms with E-state index >= 15 is 0 Å². The van der Waals surface area contributed by atoms with Crippen LogP contribution in [0, 0.1) is 19.7 Å². The molecule has 2 aromatic rings. The van der Waals surface area contributed by atoms with Crippen LogP contribution in [0.1, 0.15) is 16.7 Å². The van der Waals surface area contributed by atoms with Gasteiger partial charge >= 0.3 is 6.03 Å². The monoisotopic (exact) mass is 364 g/mol. The van der Waals surface area contributed by atoms with Gasteiger partial charge in [-0.2, -0.15) is 0 Å². The normalized spacial score (nSPS) is 15.6. The molecule has 1 N–H and O–H groups in total. The zero-order valence-electron chi connectivity index (χ0n) is 15.4. The fourth-order valence-electron chi connectivity index (χ4n) is 3.33. The maximum atomic E-state index is 13.6. The minimum atomic E-state index is -0.329. The van der Waals surface area contributed by atoms with Crippen molar-refractivity contribution in [3.63, 3.8) is 0 Å². The molecule has 0 radical (unpaired) electrons. The van der Waals surface area contributed by atoms with E-state index in [4.69, 9.17) is 0 Å². The first-order valence-electron chi connectivity index (χ1n) is 8.97.